The Kier molecular flexibility index (Phi) is 6.88. The van der Waals surface area contributed by atoms with E-state index in [0.29, 0.717) is 17.0 Å². The molecule has 0 atom stereocenters. The van der Waals surface area contributed by atoms with Crippen LogP contribution < -0.4 is 10.6 Å². The van der Waals surface area contributed by atoms with Crippen LogP contribution in [0, 0.1) is 0 Å². The molecule has 1 aliphatic carbocycles. The summed E-state index contributed by atoms with van der Waals surface area (Å²) in [5.41, 5.74) is 1.72. The first-order valence-corrected chi connectivity index (χ1v) is 12.0. The second kappa shape index (κ2) is 9.40. The molecule has 0 unspecified atom stereocenters. The van der Waals surface area contributed by atoms with Gasteiger partial charge in [-0.2, -0.15) is 0 Å². The van der Waals surface area contributed by atoms with Crippen molar-refractivity contribution in [2.45, 2.75) is 31.4 Å². The Hall–Kier alpha value is -2.72. The van der Waals surface area contributed by atoms with Crippen LogP contribution >= 0.6 is 11.3 Å². The number of sulfone groups is 1. The predicted octanol–water partition coefficient (Wildman–Crippen LogP) is 2.68. The lowest BCUT2D eigenvalue weighted by molar-refractivity contribution is -0.115. The fraction of sp³-hybridized carbons (Fsp3) is 0.350. The van der Waals surface area contributed by atoms with Crippen molar-refractivity contribution >= 4 is 44.1 Å². The number of hydrogen-bond donors (Lipinski definition) is 2. The number of anilines is 1. The first-order valence-electron chi connectivity index (χ1n) is 9.37. The van der Waals surface area contributed by atoms with Gasteiger partial charge in [-0.25, -0.2) is 13.2 Å². The molecule has 2 aromatic rings. The Morgan fingerprint density at radius 2 is 1.87 bits per heavy atom. The summed E-state index contributed by atoms with van der Waals surface area (Å²) in [5.74, 6) is -1.59. The molecule has 0 bridgehead atoms. The van der Waals surface area contributed by atoms with Crippen molar-refractivity contribution < 1.29 is 27.5 Å². The Bertz CT molecular complexity index is 1060. The predicted molar refractivity (Wildman–Crippen MR) is 113 cm³/mol. The van der Waals surface area contributed by atoms with Crippen LogP contribution in [0.4, 0.5) is 9.80 Å². The topological polar surface area (TPSA) is 119 Å². The van der Waals surface area contributed by atoms with Crippen LogP contribution in [0.15, 0.2) is 30.3 Å². The van der Waals surface area contributed by atoms with Gasteiger partial charge in [0.05, 0.1) is 24.2 Å². The van der Waals surface area contributed by atoms with Crippen LogP contribution in [0.3, 0.4) is 0 Å². The van der Waals surface area contributed by atoms with Crippen molar-refractivity contribution in [3.63, 3.8) is 0 Å². The summed E-state index contributed by atoms with van der Waals surface area (Å²) < 4.78 is 29.1. The highest BCUT2D eigenvalue weighted by molar-refractivity contribution is 7.90. The van der Waals surface area contributed by atoms with E-state index in [0.717, 1.165) is 30.4 Å². The molecule has 1 heterocycles. The molecule has 2 N–H and O–H groups in total. The number of imide groups is 1. The second-order valence-corrected chi connectivity index (χ2v) is 10.2. The number of rotatable bonds is 7. The summed E-state index contributed by atoms with van der Waals surface area (Å²) in [4.78, 5) is 37.3. The molecule has 0 aliphatic heterocycles. The minimum Gasteiger partial charge on any atom is -0.453 e. The Morgan fingerprint density at radius 1 is 1.13 bits per heavy atom. The van der Waals surface area contributed by atoms with Gasteiger partial charge in [0, 0.05) is 11.3 Å². The van der Waals surface area contributed by atoms with E-state index in [1.165, 1.54) is 11.3 Å². The van der Waals surface area contributed by atoms with Gasteiger partial charge < -0.3 is 10.1 Å². The van der Waals surface area contributed by atoms with Gasteiger partial charge in [-0.15, -0.1) is 11.3 Å². The number of carbonyl (C=O) groups excluding carboxylic acids is 3. The quantitative estimate of drug-likeness (QED) is 0.669. The molecule has 0 saturated carbocycles. The summed E-state index contributed by atoms with van der Waals surface area (Å²) in [5, 5.41) is 5.09. The molecular weight excluding hydrogens is 428 g/mol. The van der Waals surface area contributed by atoms with E-state index in [1.807, 2.05) is 0 Å². The lowest BCUT2D eigenvalue weighted by atomic mass is 10.1. The highest BCUT2D eigenvalue weighted by atomic mass is 32.2. The van der Waals surface area contributed by atoms with E-state index in [4.69, 9.17) is 0 Å². The SMILES string of the molecule is COC(=O)NC(=O)c1c(NC(=O)CCS(=O)(=O)Cc2ccccc2)sc2c1CCC2. The highest BCUT2D eigenvalue weighted by Gasteiger charge is 2.28. The first-order chi connectivity index (χ1) is 14.3. The van der Waals surface area contributed by atoms with E-state index in [-0.39, 0.29) is 23.5 Å². The third kappa shape index (κ3) is 5.45. The maximum Gasteiger partial charge on any atom is 0.413 e. The maximum atomic E-state index is 12.5. The fourth-order valence-electron chi connectivity index (χ4n) is 3.28. The summed E-state index contributed by atoms with van der Waals surface area (Å²) >= 11 is 1.28. The summed E-state index contributed by atoms with van der Waals surface area (Å²) in [6.07, 6.45) is 1.25. The molecule has 10 heteroatoms. The standard InChI is InChI=1S/C20H22N2O6S2/c1-28-20(25)22-18(24)17-14-8-5-9-15(14)29-19(17)21-16(23)10-11-30(26,27)12-13-6-3-2-4-7-13/h2-4,6-7H,5,8-12H2,1H3,(H,21,23)(H,22,24,25). The minimum atomic E-state index is -3.46. The number of alkyl carbamates (subject to hydrolysis) is 1. The van der Waals surface area contributed by atoms with Crippen LogP contribution in [0.5, 0.6) is 0 Å². The van der Waals surface area contributed by atoms with Crippen LogP contribution in [-0.2, 0) is 38.0 Å². The second-order valence-electron chi connectivity index (χ2n) is 6.88. The first kappa shape index (κ1) is 22.0. The fourth-order valence-corrected chi connectivity index (χ4v) is 5.92. The maximum absolute atomic E-state index is 12.5. The van der Waals surface area contributed by atoms with Crippen molar-refractivity contribution in [2.75, 3.05) is 18.2 Å². The Morgan fingerprint density at radius 3 is 2.57 bits per heavy atom. The van der Waals surface area contributed by atoms with Crippen LogP contribution in [0.1, 0.15) is 39.2 Å². The number of fused-ring (bicyclic) bond motifs is 1. The van der Waals surface area contributed by atoms with Crippen molar-refractivity contribution in [1.29, 1.82) is 0 Å². The summed E-state index contributed by atoms with van der Waals surface area (Å²) in [7, 11) is -2.31. The van der Waals surface area contributed by atoms with Crippen molar-refractivity contribution in [3.05, 3.63) is 51.9 Å². The molecule has 8 nitrogen and oxygen atoms in total. The zero-order valence-corrected chi connectivity index (χ0v) is 18.0. The monoisotopic (exact) mass is 450 g/mol. The number of benzene rings is 1. The molecule has 160 valence electrons. The van der Waals surface area contributed by atoms with Crippen molar-refractivity contribution in [2.24, 2.45) is 0 Å². The molecule has 3 amide bonds. The number of hydrogen-bond acceptors (Lipinski definition) is 7. The normalized spacial score (nSPS) is 12.8. The molecule has 1 aromatic heterocycles. The highest BCUT2D eigenvalue weighted by Crippen LogP contribution is 2.39. The van der Waals surface area contributed by atoms with Gasteiger partial charge in [0.15, 0.2) is 9.84 Å². The zero-order chi connectivity index (χ0) is 21.7. The Labute approximate surface area is 178 Å². The number of amides is 3. The van der Waals surface area contributed by atoms with Gasteiger partial charge in [-0.05, 0) is 30.4 Å². The summed E-state index contributed by atoms with van der Waals surface area (Å²) in [6, 6.07) is 8.76. The molecular formula is C20H22N2O6S2. The van der Waals surface area contributed by atoms with E-state index in [2.05, 4.69) is 15.4 Å². The molecule has 3 rings (SSSR count). The molecule has 0 saturated heterocycles. The largest absolute Gasteiger partial charge is 0.453 e. The van der Waals surface area contributed by atoms with Crippen LogP contribution in [0.25, 0.3) is 0 Å². The lowest BCUT2D eigenvalue weighted by Crippen LogP contribution is -2.31. The molecule has 1 aliphatic rings. The molecule has 0 radical (unpaired) electrons. The number of carbonyl (C=O) groups is 3. The number of methoxy groups -OCH3 is 1. The molecule has 0 fully saturated rings. The van der Waals surface area contributed by atoms with Gasteiger partial charge in [0.25, 0.3) is 5.91 Å². The molecule has 1 aromatic carbocycles. The minimum absolute atomic E-state index is 0.138. The molecule has 30 heavy (non-hydrogen) atoms. The average Bonchev–Trinajstić information content (AvgIpc) is 3.27. The van der Waals surface area contributed by atoms with E-state index in [9.17, 15) is 22.8 Å². The van der Waals surface area contributed by atoms with Gasteiger partial charge in [-0.3, -0.25) is 14.9 Å². The van der Waals surface area contributed by atoms with E-state index >= 15 is 0 Å². The van der Waals surface area contributed by atoms with E-state index in [1.54, 1.807) is 30.3 Å². The number of nitrogens with one attached hydrogen (secondary N) is 2. The van der Waals surface area contributed by atoms with Crippen molar-refractivity contribution in [1.82, 2.24) is 5.32 Å². The average molecular weight is 451 g/mol. The lowest BCUT2D eigenvalue weighted by Gasteiger charge is -2.09. The van der Waals surface area contributed by atoms with E-state index < -0.39 is 27.7 Å². The third-order valence-corrected chi connectivity index (χ3v) is 7.48. The number of aryl methyl sites for hydroxylation is 1. The summed E-state index contributed by atoms with van der Waals surface area (Å²) in [6.45, 7) is 0. The van der Waals surface area contributed by atoms with Gasteiger partial charge >= 0.3 is 6.09 Å². The van der Waals surface area contributed by atoms with Crippen LogP contribution in [-0.4, -0.2) is 39.2 Å². The number of ether oxygens (including phenoxy) is 1. The van der Waals surface area contributed by atoms with Crippen LogP contribution in [0.2, 0.25) is 0 Å². The Balaban J connectivity index is 1.66. The number of thiophene rings is 1. The van der Waals surface area contributed by atoms with Gasteiger partial charge in [-0.1, -0.05) is 30.3 Å². The molecule has 0 spiro atoms. The third-order valence-electron chi connectivity index (χ3n) is 4.67. The van der Waals surface area contributed by atoms with Gasteiger partial charge in [0.1, 0.15) is 5.00 Å². The zero-order valence-electron chi connectivity index (χ0n) is 16.4. The smallest absolute Gasteiger partial charge is 0.413 e. The van der Waals surface area contributed by atoms with Crippen molar-refractivity contribution in [3.8, 4) is 0 Å². The van der Waals surface area contributed by atoms with Gasteiger partial charge in [0.2, 0.25) is 5.91 Å².